The summed E-state index contributed by atoms with van der Waals surface area (Å²) in [6, 6.07) is 13.1. The standard InChI is InChI=1S/C17H19O4P/c1-2-3-6-13-9-10-15-12-14-7-4-5-8-16(14)20-22(18,19)21-17(15)11-13/h4-5,7-11H,2-3,6,12H2,1H3,(H,18,19). The molecule has 1 heterocycles. The van der Waals surface area contributed by atoms with Crippen LogP contribution in [-0.2, 0) is 17.4 Å². The highest BCUT2D eigenvalue weighted by atomic mass is 31.2. The first-order valence-electron chi connectivity index (χ1n) is 7.49. The Morgan fingerprint density at radius 3 is 2.64 bits per heavy atom. The smallest absolute Gasteiger partial charge is 0.395 e. The molecule has 2 aromatic carbocycles. The minimum absolute atomic E-state index is 0.397. The fraction of sp³-hybridized carbons (Fsp3) is 0.294. The summed E-state index contributed by atoms with van der Waals surface area (Å²) < 4.78 is 22.7. The number of rotatable bonds is 3. The molecule has 3 rings (SSSR count). The van der Waals surface area contributed by atoms with Crippen LogP contribution >= 0.6 is 7.82 Å². The van der Waals surface area contributed by atoms with Crippen LogP contribution in [0.4, 0.5) is 0 Å². The molecular formula is C17H19O4P. The van der Waals surface area contributed by atoms with Gasteiger partial charge in [-0.25, -0.2) is 4.57 Å². The van der Waals surface area contributed by atoms with E-state index in [1.165, 1.54) is 0 Å². The van der Waals surface area contributed by atoms with Crippen molar-refractivity contribution in [3.8, 4) is 11.5 Å². The van der Waals surface area contributed by atoms with Crippen LogP contribution in [0.1, 0.15) is 36.5 Å². The topological polar surface area (TPSA) is 55.8 Å². The Bertz CT molecular complexity index is 726. The van der Waals surface area contributed by atoms with E-state index >= 15 is 0 Å². The lowest BCUT2D eigenvalue weighted by Crippen LogP contribution is -2.07. The monoisotopic (exact) mass is 318 g/mol. The van der Waals surface area contributed by atoms with E-state index in [2.05, 4.69) is 13.0 Å². The van der Waals surface area contributed by atoms with E-state index in [1.807, 2.05) is 24.3 Å². The molecule has 0 bridgehead atoms. The largest absolute Gasteiger partial charge is 0.584 e. The van der Waals surface area contributed by atoms with Crippen LogP contribution in [0.25, 0.3) is 0 Å². The van der Waals surface area contributed by atoms with Gasteiger partial charge in [-0.2, -0.15) is 0 Å². The average Bonchev–Trinajstić information content (AvgIpc) is 2.47. The van der Waals surface area contributed by atoms with Gasteiger partial charge in [0.2, 0.25) is 0 Å². The van der Waals surface area contributed by atoms with E-state index < -0.39 is 7.82 Å². The number of benzene rings is 2. The molecule has 1 aliphatic heterocycles. The number of unbranched alkanes of at least 4 members (excludes halogenated alkanes) is 1. The van der Waals surface area contributed by atoms with E-state index in [4.69, 9.17) is 9.05 Å². The normalized spacial score (nSPS) is 19.9. The first-order chi connectivity index (χ1) is 10.6. The van der Waals surface area contributed by atoms with Crippen molar-refractivity contribution in [3.05, 3.63) is 59.2 Å². The zero-order chi connectivity index (χ0) is 15.6. The zero-order valence-corrected chi connectivity index (χ0v) is 13.4. The quantitative estimate of drug-likeness (QED) is 0.847. The predicted octanol–water partition coefficient (Wildman–Crippen LogP) is 4.49. The third kappa shape index (κ3) is 3.34. The fourth-order valence-electron chi connectivity index (χ4n) is 2.58. The van der Waals surface area contributed by atoms with Crippen molar-refractivity contribution in [1.29, 1.82) is 0 Å². The van der Waals surface area contributed by atoms with Crippen LogP contribution in [0.2, 0.25) is 0 Å². The molecule has 0 spiro atoms. The molecule has 0 fully saturated rings. The van der Waals surface area contributed by atoms with Crippen molar-refractivity contribution in [2.24, 2.45) is 0 Å². The second-order valence-electron chi connectivity index (χ2n) is 5.48. The summed E-state index contributed by atoms with van der Waals surface area (Å²) in [4.78, 5) is 9.95. The Kier molecular flexibility index (Phi) is 4.23. The van der Waals surface area contributed by atoms with Crippen molar-refractivity contribution >= 4 is 7.82 Å². The molecule has 5 heteroatoms. The first kappa shape index (κ1) is 15.1. The van der Waals surface area contributed by atoms with Gasteiger partial charge in [-0.1, -0.05) is 43.7 Å². The maximum absolute atomic E-state index is 12.2. The Morgan fingerprint density at radius 1 is 1.09 bits per heavy atom. The van der Waals surface area contributed by atoms with Crippen molar-refractivity contribution in [2.75, 3.05) is 0 Å². The molecule has 4 nitrogen and oxygen atoms in total. The van der Waals surface area contributed by atoms with Crippen molar-refractivity contribution in [3.63, 3.8) is 0 Å². The number of para-hydroxylation sites is 1. The van der Waals surface area contributed by atoms with Gasteiger partial charge in [0, 0.05) is 6.42 Å². The number of hydrogen-bond donors (Lipinski definition) is 1. The van der Waals surface area contributed by atoms with Gasteiger partial charge in [-0.05, 0) is 41.7 Å². The maximum atomic E-state index is 12.2. The minimum Gasteiger partial charge on any atom is -0.395 e. The number of aryl methyl sites for hydroxylation is 1. The summed E-state index contributed by atoms with van der Waals surface area (Å²) in [6.45, 7) is 2.14. The third-order valence-corrected chi connectivity index (χ3v) is 4.59. The van der Waals surface area contributed by atoms with Crippen molar-refractivity contribution < 1.29 is 18.5 Å². The minimum atomic E-state index is -4.17. The van der Waals surface area contributed by atoms with Gasteiger partial charge in [-0.15, -0.1) is 0 Å². The lowest BCUT2D eigenvalue weighted by Gasteiger charge is -2.22. The SMILES string of the molecule is CCCCc1ccc2c(c1)OP(=O)(O)Oc1ccccc1C2. The second-order valence-corrected chi connectivity index (χ2v) is 6.78. The van der Waals surface area contributed by atoms with Gasteiger partial charge < -0.3 is 9.05 Å². The Morgan fingerprint density at radius 2 is 1.82 bits per heavy atom. The van der Waals surface area contributed by atoms with Gasteiger partial charge in [0.15, 0.2) is 0 Å². The molecule has 0 aliphatic carbocycles. The second kappa shape index (κ2) is 6.15. The highest BCUT2D eigenvalue weighted by Crippen LogP contribution is 2.48. The molecule has 1 unspecified atom stereocenters. The molecule has 116 valence electrons. The van der Waals surface area contributed by atoms with Gasteiger partial charge >= 0.3 is 7.82 Å². The van der Waals surface area contributed by atoms with Crippen LogP contribution in [0, 0.1) is 0 Å². The molecule has 0 saturated heterocycles. The van der Waals surface area contributed by atoms with E-state index in [0.29, 0.717) is 17.9 Å². The highest BCUT2D eigenvalue weighted by Gasteiger charge is 2.29. The van der Waals surface area contributed by atoms with E-state index in [-0.39, 0.29) is 0 Å². The molecule has 0 amide bonds. The van der Waals surface area contributed by atoms with Crippen LogP contribution < -0.4 is 9.05 Å². The van der Waals surface area contributed by atoms with E-state index in [1.54, 1.807) is 12.1 Å². The summed E-state index contributed by atoms with van der Waals surface area (Å²) in [5.41, 5.74) is 2.88. The highest BCUT2D eigenvalue weighted by molar-refractivity contribution is 7.48. The molecular weight excluding hydrogens is 299 g/mol. The summed E-state index contributed by atoms with van der Waals surface area (Å²) in [6.07, 6.45) is 3.72. The molecule has 1 N–H and O–H groups in total. The Hall–Kier alpha value is -1.77. The average molecular weight is 318 g/mol. The lowest BCUT2D eigenvalue weighted by molar-refractivity contribution is 0.287. The molecule has 1 atom stereocenters. The maximum Gasteiger partial charge on any atom is 0.584 e. The van der Waals surface area contributed by atoms with Gasteiger partial charge in [0.1, 0.15) is 11.5 Å². The van der Waals surface area contributed by atoms with Crippen molar-refractivity contribution in [2.45, 2.75) is 32.6 Å². The molecule has 1 aliphatic rings. The number of phosphoric ester groups is 1. The first-order valence-corrected chi connectivity index (χ1v) is 8.98. The van der Waals surface area contributed by atoms with Gasteiger partial charge in [0.25, 0.3) is 0 Å². The molecule has 22 heavy (non-hydrogen) atoms. The van der Waals surface area contributed by atoms with Crippen LogP contribution in [-0.4, -0.2) is 4.89 Å². The summed E-state index contributed by atoms with van der Waals surface area (Å²) in [5.74, 6) is 0.836. The Labute approximate surface area is 130 Å². The fourth-order valence-corrected chi connectivity index (χ4v) is 3.46. The van der Waals surface area contributed by atoms with E-state index in [0.717, 1.165) is 36.0 Å². The molecule has 0 saturated carbocycles. The van der Waals surface area contributed by atoms with Gasteiger partial charge in [0.05, 0.1) is 0 Å². The van der Waals surface area contributed by atoms with Crippen LogP contribution in [0.5, 0.6) is 11.5 Å². The molecule has 0 aromatic heterocycles. The number of fused-ring (bicyclic) bond motifs is 2. The lowest BCUT2D eigenvalue weighted by atomic mass is 10.00. The number of hydrogen-bond acceptors (Lipinski definition) is 3. The Balaban J connectivity index is 2.01. The predicted molar refractivity (Wildman–Crippen MR) is 85.4 cm³/mol. The van der Waals surface area contributed by atoms with Crippen LogP contribution in [0.3, 0.4) is 0 Å². The zero-order valence-electron chi connectivity index (χ0n) is 12.5. The summed E-state index contributed by atoms with van der Waals surface area (Å²) in [7, 11) is -4.17. The van der Waals surface area contributed by atoms with E-state index in [9.17, 15) is 9.46 Å². The van der Waals surface area contributed by atoms with Crippen molar-refractivity contribution in [1.82, 2.24) is 0 Å². The van der Waals surface area contributed by atoms with Crippen LogP contribution in [0.15, 0.2) is 42.5 Å². The third-order valence-electron chi connectivity index (χ3n) is 3.73. The molecule has 0 radical (unpaired) electrons. The molecule has 2 aromatic rings. The summed E-state index contributed by atoms with van der Waals surface area (Å²) >= 11 is 0. The van der Waals surface area contributed by atoms with Gasteiger partial charge in [-0.3, -0.25) is 4.89 Å². The summed E-state index contributed by atoms with van der Waals surface area (Å²) in [5, 5.41) is 0. The number of phosphoric acid groups is 1.